The zero-order chi connectivity index (χ0) is 27.8. The molecule has 0 bridgehead atoms. The molecule has 0 saturated carbocycles. The zero-order valence-corrected chi connectivity index (χ0v) is 23.6. The monoisotopic (exact) mass is 556 g/mol. The molecule has 9 rings (SSSR count). The third kappa shape index (κ3) is 2.98. The van der Waals surface area contributed by atoms with Crippen LogP contribution in [0.15, 0.2) is 152 Å². The molecule has 8 aromatic rings. The van der Waals surface area contributed by atoms with Crippen LogP contribution in [0.1, 0.15) is 0 Å². The number of hydrogen-bond donors (Lipinski definition) is 0. The van der Waals surface area contributed by atoms with Crippen LogP contribution in [0.4, 0.5) is 0 Å². The van der Waals surface area contributed by atoms with Gasteiger partial charge in [0.15, 0.2) is 7.14 Å². The molecule has 0 N–H and O–H groups in total. The minimum Gasteiger partial charge on any atom is -0.309 e. The van der Waals surface area contributed by atoms with Crippen LogP contribution in [0.25, 0.3) is 55.3 Å². The smallest absolute Gasteiger partial charge is 0.174 e. The topological polar surface area (TPSA) is 26.9 Å². The molecule has 0 spiro atoms. The van der Waals surface area contributed by atoms with Gasteiger partial charge in [-0.3, -0.25) is 9.13 Å². The van der Waals surface area contributed by atoms with Crippen molar-refractivity contribution >= 4 is 55.9 Å². The van der Waals surface area contributed by atoms with Gasteiger partial charge < -0.3 is 4.57 Å². The predicted molar refractivity (Wildman–Crippen MR) is 176 cm³/mol. The Morgan fingerprint density at radius 2 is 0.905 bits per heavy atom. The van der Waals surface area contributed by atoms with Crippen molar-refractivity contribution in [3.8, 4) is 22.5 Å². The molecule has 0 atom stereocenters. The van der Waals surface area contributed by atoms with Gasteiger partial charge in [-0.25, -0.2) is 0 Å². The second-order valence-electron chi connectivity index (χ2n) is 10.9. The summed E-state index contributed by atoms with van der Waals surface area (Å²) in [4.78, 5) is 0. The summed E-state index contributed by atoms with van der Waals surface area (Å²) in [5, 5.41) is 6.26. The summed E-state index contributed by atoms with van der Waals surface area (Å²) in [6, 6.07) is 52.5. The van der Waals surface area contributed by atoms with Crippen LogP contribution in [0.5, 0.6) is 0 Å². The van der Waals surface area contributed by atoms with E-state index >= 15 is 4.57 Å². The summed E-state index contributed by atoms with van der Waals surface area (Å²) >= 11 is 0. The lowest BCUT2D eigenvalue weighted by Crippen LogP contribution is -2.24. The molecule has 2 aromatic heterocycles. The van der Waals surface area contributed by atoms with E-state index in [9.17, 15) is 0 Å². The van der Waals surface area contributed by atoms with Gasteiger partial charge in [0.1, 0.15) is 5.65 Å². The van der Waals surface area contributed by atoms with Crippen LogP contribution >= 0.6 is 7.14 Å². The first-order valence-electron chi connectivity index (χ1n) is 14.2. The molecular weight excluding hydrogens is 531 g/mol. The third-order valence-corrected chi connectivity index (χ3v) is 11.9. The SMILES string of the molecule is O=P1(c2ccccc2-n2c3ccccc3c3c4ccccc4n(-c4ccccc4)c32)c2ccccc2-c2ccccc21. The van der Waals surface area contributed by atoms with Crippen LogP contribution in [-0.2, 0) is 4.57 Å². The van der Waals surface area contributed by atoms with Gasteiger partial charge >= 0.3 is 0 Å². The Balaban J connectivity index is 1.47. The molecule has 0 fully saturated rings. The average Bonchev–Trinajstić information content (AvgIpc) is 3.66. The van der Waals surface area contributed by atoms with Crippen LogP contribution in [-0.4, -0.2) is 9.13 Å². The van der Waals surface area contributed by atoms with Crippen molar-refractivity contribution in [2.24, 2.45) is 0 Å². The van der Waals surface area contributed by atoms with E-state index in [0.29, 0.717) is 0 Å². The number of aromatic nitrogens is 2. The molecule has 198 valence electrons. The van der Waals surface area contributed by atoms with E-state index in [0.717, 1.165) is 55.1 Å². The van der Waals surface area contributed by atoms with E-state index < -0.39 is 7.14 Å². The van der Waals surface area contributed by atoms with Crippen molar-refractivity contribution in [2.45, 2.75) is 0 Å². The summed E-state index contributed by atoms with van der Waals surface area (Å²) in [5.74, 6) is 0. The molecule has 0 unspecified atom stereocenters. The summed E-state index contributed by atoms with van der Waals surface area (Å²) in [6.07, 6.45) is 0. The molecule has 0 aliphatic carbocycles. The van der Waals surface area contributed by atoms with E-state index in [4.69, 9.17) is 0 Å². The summed E-state index contributed by atoms with van der Waals surface area (Å²) in [5.41, 5.74) is 7.47. The number of benzene rings is 6. The maximum absolute atomic E-state index is 15.8. The Labute approximate surface area is 243 Å². The molecule has 1 aliphatic rings. The molecule has 4 heteroatoms. The van der Waals surface area contributed by atoms with E-state index in [2.05, 4.69) is 130 Å². The minimum atomic E-state index is -3.19. The average molecular weight is 557 g/mol. The highest BCUT2D eigenvalue weighted by Crippen LogP contribution is 2.53. The highest BCUT2D eigenvalue weighted by atomic mass is 31.2. The van der Waals surface area contributed by atoms with E-state index in [1.807, 2.05) is 30.3 Å². The van der Waals surface area contributed by atoms with Crippen molar-refractivity contribution in [3.05, 3.63) is 152 Å². The number of fused-ring (bicyclic) bond motifs is 8. The lowest BCUT2D eigenvalue weighted by Gasteiger charge is -2.21. The lowest BCUT2D eigenvalue weighted by molar-refractivity contribution is 0.593. The van der Waals surface area contributed by atoms with Crippen molar-refractivity contribution < 1.29 is 4.57 Å². The molecule has 0 saturated heterocycles. The van der Waals surface area contributed by atoms with Gasteiger partial charge in [0.05, 0.1) is 16.7 Å². The first kappa shape index (κ1) is 23.6. The summed E-state index contributed by atoms with van der Waals surface area (Å²) in [6.45, 7) is 0. The number of para-hydroxylation sites is 4. The fraction of sp³-hybridized carbons (Fsp3) is 0. The summed E-state index contributed by atoms with van der Waals surface area (Å²) in [7, 11) is -3.19. The number of nitrogens with zero attached hydrogens (tertiary/aromatic N) is 2. The van der Waals surface area contributed by atoms with Crippen molar-refractivity contribution in [1.29, 1.82) is 0 Å². The van der Waals surface area contributed by atoms with Crippen LogP contribution in [0, 0.1) is 0 Å². The van der Waals surface area contributed by atoms with Crippen molar-refractivity contribution in [3.63, 3.8) is 0 Å². The molecule has 6 aromatic carbocycles. The van der Waals surface area contributed by atoms with Gasteiger partial charge in [0.25, 0.3) is 0 Å². The number of rotatable bonds is 3. The fourth-order valence-corrected chi connectivity index (χ4v) is 10.3. The Hall–Kier alpha value is -5.11. The molecule has 1 aliphatic heterocycles. The predicted octanol–water partition coefficient (Wildman–Crippen LogP) is 8.35. The van der Waals surface area contributed by atoms with E-state index in [1.54, 1.807) is 0 Å². The maximum atomic E-state index is 15.8. The second-order valence-corrected chi connectivity index (χ2v) is 13.5. The molecule has 3 heterocycles. The van der Waals surface area contributed by atoms with Crippen LogP contribution < -0.4 is 15.9 Å². The Kier molecular flexibility index (Phi) is 4.88. The van der Waals surface area contributed by atoms with Crippen LogP contribution in [0.3, 0.4) is 0 Å². The largest absolute Gasteiger partial charge is 0.309 e. The highest BCUT2D eigenvalue weighted by molar-refractivity contribution is 7.86. The van der Waals surface area contributed by atoms with Crippen molar-refractivity contribution in [2.75, 3.05) is 0 Å². The summed E-state index contributed by atoms with van der Waals surface area (Å²) < 4.78 is 20.5. The van der Waals surface area contributed by atoms with E-state index in [1.165, 1.54) is 16.2 Å². The van der Waals surface area contributed by atoms with Gasteiger partial charge in [-0.1, -0.05) is 115 Å². The second kappa shape index (κ2) is 8.69. The fourth-order valence-electron chi connectivity index (χ4n) is 7.04. The van der Waals surface area contributed by atoms with Gasteiger partial charge in [0.2, 0.25) is 0 Å². The molecule has 0 radical (unpaired) electrons. The Bertz CT molecular complexity index is 2350. The standard InChI is InChI=1S/C38H25N2OP/c41-42(34-23-11-6-16-27(34)28-17-7-12-24-35(28)42)36-25-13-10-22-33(36)40-32-21-9-5-19-30(32)37-29-18-4-8-20-31(29)39(38(37)40)26-14-2-1-3-15-26/h1-25H. The lowest BCUT2D eigenvalue weighted by atomic mass is 10.1. The Morgan fingerprint density at radius 1 is 0.429 bits per heavy atom. The van der Waals surface area contributed by atoms with Gasteiger partial charge in [-0.05, 0) is 47.5 Å². The molecule has 42 heavy (non-hydrogen) atoms. The first-order chi connectivity index (χ1) is 20.8. The van der Waals surface area contributed by atoms with Gasteiger partial charge in [-0.2, -0.15) is 0 Å². The van der Waals surface area contributed by atoms with Gasteiger partial charge in [-0.15, -0.1) is 0 Å². The van der Waals surface area contributed by atoms with Crippen molar-refractivity contribution in [1.82, 2.24) is 9.13 Å². The maximum Gasteiger partial charge on any atom is 0.174 e. The highest BCUT2D eigenvalue weighted by Gasteiger charge is 2.41. The zero-order valence-electron chi connectivity index (χ0n) is 22.7. The quantitative estimate of drug-likeness (QED) is 0.201. The number of hydrogen-bond acceptors (Lipinski definition) is 1. The molecule has 0 amide bonds. The molecular formula is C38H25N2OP. The molecule has 3 nitrogen and oxygen atoms in total. The van der Waals surface area contributed by atoms with Gasteiger partial charge in [0, 0.05) is 37.8 Å². The minimum absolute atomic E-state index is 0.856. The van der Waals surface area contributed by atoms with E-state index in [-0.39, 0.29) is 0 Å². The third-order valence-electron chi connectivity index (χ3n) is 8.73. The normalized spacial score (nSPS) is 13.5. The first-order valence-corrected chi connectivity index (χ1v) is 15.9. The van der Waals surface area contributed by atoms with Crippen LogP contribution in [0.2, 0.25) is 0 Å². The Morgan fingerprint density at radius 3 is 1.55 bits per heavy atom.